The normalized spacial score (nSPS) is 12.0. The van der Waals surface area contributed by atoms with Crippen LogP contribution < -0.4 is 5.32 Å². The van der Waals surface area contributed by atoms with Crippen molar-refractivity contribution in [1.82, 2.24) is 9.55 Å². The van der Waals surface area contributed by atoms with Crippen LogP contribution in [0.5, 0.6) is 0 Å². The summed E-state index contributed by atoms with van der Waals surface area (Å²) in [6.07, 6.45) is 3.56. The van der Waals surface area contributed by atoms with E-state index in [-0.39, 0.29) is 10.9 Å². The lowest BCUT2D eigenvalue weighted by Crippen LogP contribution is -2.23. The Hall–Kier alpha value is -2.31. The number of anilines is 1. The number of rotatable bonds is 5. The molecule has 0 saturated heterocycles. The third-order valence-corrected chi connectivity index (χ3v) is 5.12. The second-order valence-electron chi connectivity index (χ2n) is 5.79. The number of amides is 1. The minimum Gasteiger partial charge on any atom is -0.324 e. The summed E-state index contributed by atoms with van der Waals surface area (Å²) in [5, 5.41) is 3.18. The van der Waals surface area contributed by atoms with Gasteiger partial charge in [0.1, 0.15) is 5.82 Å². The van der Waals surface area contributed by atoms with E-state index in [2.05, 4.69) is 16.4 Å². The first-order chi connectivity index (χ1) is 12.4. The van der Waals surface area contributed by atoms with Crippen LogP contribution in [0.3, 0.4) is 0 Å². The van der Waals surface area contributed by atoms with Gasteiger partial charge in [0.25, 0.3) is 0 Å². The number of halogens is 2. The summed E-state index contributed by atoms with van der Waals surface area (Å²) in [5.41, 5.74) is 2.51. The predicted molar refractivity (Wildman–Crippen MR) is 104 cm³/mol. The minimum atomic E-state index is -0.449. The fraction of sp³-hybridized carbons (Fsp3) is 0.158. The van der Waals surface area contributed by atoms with Gasteiger partial charge in [-0.2, -0.15) is 0 Å². The van der Waals surface area contributed by atoms with E-state index in [1.54, 1.807) is 13.1 Å². The van der Waals surface area contributed by atoms with Crippen LogP contribution in [0.15, 0.2) is 60.0 Å². The number of nitrogens with zero attached hydrogens (tertiary/aromatic N) is 2. The number of imidazole rings is 1. The van der Waals surface area contributed by atoms with Crippen molar-refractivity contribution in [3.8, 4) is 5.69 Å². The molecule has 1 atom stereocenters. The van der Waals surface area contributed by atoms with E-state index in [1.165, 1.54) is 30.0 Å². The molecule has 26 heavy (non-hydrogen) atoms. The van der Waals surface area contributed by atoms with E-state index < -0.39 is 11.1 Å². The molecule has 7 heteroatoms. The second kappa shape index (κ2) is 7.93. The molecule has 134 valence electrons. The molecule has 0 fully saturated rings. The highest BCUT2D eigenvalue weighted by Gasteiger charge is 2.19. The van der Waals surface area contributed by atoms with Crippen molar-refractivity contribution in [2.75, 3.05) is 5.32 Å². The number of aryl methyl sites for hydroxylation is 1. The summed E-state index contributed by atoms with van der Waals surface area (Å²) in [6, 6.07) is 11.9. The zero-order valence-corrected chi connectivity index (χ0v) is 15.8. The van der Waals surface area contributed by atoms with Crippen molar-refractivity contribution >= 4 is 35.0 Å². The SMILES string of the molecule is Cc1cccc(-n2ccnc2SC(C)C(=O)Nc2ccc(F)cc2Cl)c1. The zero-order valence-electron chi connectivity index (χ0n) is 14.2. The highest BCUT2D eigenvalue weighted by Crippen LogP contribution is 2.27. The lowest BCUT2D eigenvalue weighted by molar-refractivity contribution is -0.115. The van der Waals surface area contributed by atoms with Crippen molar-refractivity contribution < 1.29 is 9.18 Å². The fourth-order valence-corrected chi connectivity index (χ4v) is 3.49. The van der Waals surface area contributed by atoms with Crippen molar-refractivity contribution in [1.29, 1.82) is 0 Å². The number of nitrogens with one attached hydrogen (secondary N) is 1. The van der Waals surface area contributed by atoms with Gasteiger partial charge in [-0.15, -0.1) is 0 Å². The van der Waals surface area contributed by atoms with E-state index in [1.807, 2.05) is 35.9 Å². The maximum absolute atomic E-state index is 13.1. The molecule has 3 aromatic rings. The van der Waals surface area contributed by atoms with Crippen molar-refractivity contribution in [3.63, 3.8) is 0 Å². The summed E-state index contributed by atoms with van der Waals surface area (Å²) >= 11 is 7.30. The van der Waals surface area contributed by atoms with Gasteiger partial charge in [-0.3, -0.25) is 9.36 Å². The molecule has 1 aromatic heterocycles. The molecule has 4 nitrogen and oxygen atoms in total. The van der Waals surface area contributed by atoms with Gasteiger partial charge in [0.15, 0.2) is 5.16 Å². The average Bonchev–Trinajstić information content (AvgIpc) is 3.05. The molecule has 0 radical (unpaired) electrons. The van der Waals surface area contributed by atoms with Crippen molar-refractivity contribution in [3.05, 3.63) is 71.3 Å². The lowest BCUT2D eigenvalue weighted by atomic mass is 10.2. The van der Waals surface area contributed by atoms with E-state index in [4.69, 9.17) is 11.6 Å². The van der Waals surface area contributed by atoms with Gasteiger partial charge in [0.05, 0.1) is 16.0 Å². The Kier molecular flexibility index (Phi) is 5.64. The van der Waals surface area contributed by atoms with E-state index in [0.717, 1.165) is 11.3 Å². The van der Waals surface area contributed by atoms with Crippen molar-refractivity contribution in [2.45, 2.75) is 24.3 Å². The standard InChI is InChI=1S/C19H17ClFN3OS/c1-12-4-3-5-15(10-12)24-9-8-22-19(24)26-13(2)18(25)23-17-7-6-14(21)11-16(17)20/h3-11,13H,1-2H3,(H,23,25). The van der Waals surface area contributed by atoms with E-state index in [9.17, 15) is 9.18 Å². The van der Waals surface area contributed by atoms with Gasteiger partial charge in [0, 0.05) is 18.1 Å². The average molecular weight is 390 g/mol. The minimum absolute atomic E-state index is 0.164. The monoisotopic (exact) mass is 389 g/mol. The number of carbonyl (C=O) groups excluding carboxylic acids is 1. The van der Waals surface area contributed by atoms with Crippen LogP contribution >= 0.6 is 23.4 Å². The molecular weight excluding hydrogens is 373 g/mol. The number of thioether (sulfide) groups is 1. The summed E-state index contributed by atoms with van der Waals surface area (Å²) in [5.74, 6) is -0.682. The van der Waals surface area contributed by atoms with Crippen LogP contribution in [-0.2, 0) is 4.79 Å². The Labute approximate surface area is 160 Å². The Morgan fingerprint density at radius 1 is 1.31 bits per heavy atom. The Balaban J connectivity index is 1.73. The highest BCUT2D eigenvalue weighted by atomic mass is 35.5. The van der Waals surface area contributed by atoms with E-state index in [0.29, 0.717) is 10.8 Å². The van der Waals surface area contributed by atoms with Crippen LogP contribution in [0.4, 0.5) is 10.1 Å². The molecule has 0 aliphatic heterocycles. The summed E-state index contributed by atoms with van der Waals surface area (Å²) in [7, 11) is 0. The first-order valence-electron chi connectivity index (χ1n) is 7.97. The molecule has 1 heterocycles. The topological polar surface area (TPSA) is 46.9 Å². The molecule has 0 spiro atoms. The smallest absolute Gasteiger partial charge is 0.237 e. The first kappa shape index (κ1) is 18.5. The molecule has 1 N–H and O–H groups in total. The maximum Gasteiger partial charge on any atom is 0.237 e. The second-order valence-corrected chi connectivity index (χ2v) is 7.51. The molecule has 0 aliphatic rings. The molecule has 0 bridgehead atoms. The number of aromatic nitrogens is 2. The van der Waals surface area contributed by atoms with Gasteiger partial charge in [-0.05, 0) is 49.7 Å². The van der Waals surface area contributed by atoms with Gasteiger partial charge in [-0.1, -0.05) is 35.5 Å². The maximum atomic E-state index is 13.1. The molecule has 1 amide bonds. The molecule has 3 rings (SSSR count). The predicted octanol–water partition coefficient (Wildman–Crippen LogP) is 5.09. The van der Waals surface area contributed by atoms with Crippen LogP contribution in [0, 0.1) is 12.7 Å². The Morgan fingerprint density at radius 2 is 2.12 bits per heavy atom. The van der Waals surface area contributed by atoms with Crippen LogP contribution in [0.2, 0.25) is 5.02 Å². The van der Waals surface area contributed by atoms with E-state index >= 15 is 0 Å². The molecular formula is C19H17ClFN3OS. The number of hydrogen-bond acceptors (Lipinski definition) is 3. The van der Waals surface area contributed by atoms with Crippen LogP contribution in [0.1, 0.15) is 12.5 Å². The third-order valence-electron chi connectivity index (χ3n) is 3.73. The summed E-state index contributed by atoms with van der Waals surface area (Å²) in [4.78, 5) is 16.8. The number of benzene rings is 2. The lowest BCUT2D eigenvalue weighted by Gasteiger charge is -2.14. The Morgan fingerprint density at radius 3 is 2.85 bits per heavy atom. The van der Waals surface area contributed by atoms with Gasteiger partial charge < -0.3 is 5.32 Å². The summed E-state index contributed by atoms with van der Waals surface area (Å²) in [6.45, 7) is 3.81. The number of carbonyl (C=O) groups is 1. The van der Waals surface area contributed by atoms with Crippen molar-refractivity contribution in [2.24, 2.45) is 0 Å². The highest BCUT2D eigenvalue weighted by molar-refractivity contribution is 8.00. The molecule has 0 aliphatic carbocycles. The molecule has 0 saturated carbocycles. The van der Waals surface area contributed by atoms with Gasteiger partial charge in [0.2, 0.25) is 5.91 Å². The van der Waals surface area contributed by atoms with Crippen LogP contribution in [-0.4, -0.2) is 20.7 Å². The zero-order chi connectivity index (χ0) is 18.7. The summed E-state index contributed by atoms with van der Waals surface area (Å²) < 4.78 is 15.1. The largest absolute Gasteiger partial charge is 0.324 e. The quantitative estimate of drug-likeness (QED) is 0.618. The molecule has 2 aromatic carbocycles. The number of hydrogen-bond donors (Lipinski definition) is 1. The molecule has 1 unspecified atom stereocenters. The first-order valence-corrected chi connectivity index (χ1v) is 9.23. The third kappa shape index (κ3) is 4.26. The van der Waals surface area contributed by atoms with Gasteiger partial charge in [-0.25, -0.2) is 9.37 Å². The fourth-order valence-electron chi connectivity index (χ4n) is 2.39. The Bertz CT molecular complexity index is 944. The van der Waals surface area contributed by atoms with Crippen LogP contribution in [0.25, 0.3) is 5.69 Å². The van der Waals surface area contributed by atoms with Gasteiger partial charge >= 0.3 is 0 Å².